The number of thioether (sulfide) groups is 1. The highest BCUT2D eigenvalue weighted by Crippen LogP contribution is 2.21. The van der Waals surface area contributed by atoms with Gasteiger partial charge in [0.25, 0.3) is 0 Å². The molecule has 0 bridgehead atoms. The first-order chi connectivity index (χ1) is 12.0. The lowest BCUT2D eigenvalue weighted by Crippen LogP contribution is -2.36. The molecule has 0 aliphatic heterocycles. The van der Waals surface area contributed by atoms with Gasteiger partial charge in [-0.1, -0.05) is 30.3 Å². The minimum atomic E-state index is -0.324. The van der Waals surface area contributed by atoms with Gasteiger partial charge in [-0.15, -0.1) is 11.8 Å². The van der Waals surface area contributed by atoms with E-state index in [1.165, 1.54) is 23.9 Å². The molecule has 0 aromatic heterocycles. The molecule has 0 saturated heterocycles. The summed E-state index contributed by atoms with van der Waals surface area (Å²) in [6, 6.07) is 13.7. The van der Waals surface area contributed by atoms with Crippen LogP contribution in [0.2, 0.25) is 0 Å². The molecule has 2 rings (SSSR count). The third-order valence-electron chi connectivity index (χ3n) is 3.50. The van der Waals surface area contributed by atoms with E-state index in [0.29, 0.717) is 18.8 Å². The van der Waals surface area contributed by atoms with Crippen molar-refractivity contribution < 1.29 is 14.0 Å². The van der Waals surface area contributed by atoms with Crippen LogP contribution in [0.15, 0.2) is 53.4 Å². The Balaban J connectivity index is 1.60. The van der Waals surface area contributed by atoms with Crippen LogP contribution < -0.4 is 10.6 Å². The van der Waals surface area contributed by atoms with Crippen molar-refractivity contribution in [1.29, 1.82) is 0 Å². The molecule has 0 spiro atoms. The van der Waals surface area contributed by atoms with Gasteiger partial charge < -0.3 is 10.6 Å². The molecular weight excluding hydrogens is 339 g/mol. The van der Waals surface area contributed by atoms with E-state index in [-0.39, 0.29) is 24.1 Å². The molecule has 132 valence electrons. The third kappa shape index (κ3) is 6.97. The Bertz CT molecular complexity index is 720. The van der Waals surface area contributed by atoms with Gasteiger partial charge in [0.2, 0.25) is 11.8 Å². The highest BCUT2D eigenvalue weighted by atomic mass is 32.2. The number of halogens is 1. The maximum absolute atomic E-state index is 12.8. The number of hydrogen-bond acceptors (Lipinski definition) is 3. The number of carbonyl (C=O) groups excluding carboxylic acids is 2. The number of amides is 2. The number of benzene rings is 2. The highest BCUT2D eigenvalue weighted by molar-refractivity contribution is 8.00. The summed E-state index contributed by atoms with van der Waals surface area (Å²) < 4.78 is 12.8. The maximum Gasteiger partial charge on any atom is 0.230 e. The SMILES string of the molecule is Cc1ccccc1SCC(=O)NCCNC(=O)Cc1ccc(F)cc1. The Morgan fingerprint density at radius 3 is 2.28 bits per heavy atom. The summed E-state index contributed by atoms with van der Waals surface area (Å²) in [5.74, 6) is -0.208. The lowest BCUT2D eigenvalue weighted by atomic mass is 10.1. The Morgan fingerprint density at radius 2 is 1.60 bits per heavy atom. The van der Waals surface area contributed by atoms with Crippen molar-refractivity contribution in [3.8, 4) is 0 Å². The van der Waals surface area contributed by atoms with Crippen molar-refractivity contribution in [2.45, 2.75) is 18.2 Å². The van der Waals surface area contributed by atoms with Crippen LogP contribution in [0.1, 0.15) is 11.1 Å². The summed E-state index contributed by atoms with van der Waals surface area (Å²) in [5, 5.41) is 5.50. The van der Waals surface area contributed by atoms with Crippen LogP contribution in [-0.2, 0) is 16.0 Å². The van der Waals surface area contributed by atoms with Gasteiger partial charge in [-0.2, -0.15) is 0 Å². The van der Waals surface area contributed by atoms with Crippen molar-refractivity contribution in [2.75, 3.05) is 18.8 Å². The first kappa shape index (κ1) is 19.0. The second-order valence-corrected chi connectivity index (χ2v) is 6.57. The molecule has 2 aromatic carbocycles. The van der Waals surface area contributed by atoms with E-state index in [2.05, 4.69) is 10.6 Å². The molecule has 0 atom stereocenters. The van der Waals surface area contributed by atoms with Crippen LogP contribution in [0.3, 0.4) is 0 Å². The standard InChI is InChI=1S/C19H21FN2O2S/c1-14-4-2-3-5-17(14)25-13-19(24)22-11-10-21-18(23)12-15-6-8-16(20)9-7-15/h2-9H,10-13H2,1H3,(H,21,23)(H,22,24). The van der Waals surface area contributed by atoms with Crippen LogP contribution >= 0.6 is 11.8 Å². The fraction of sp³-hybridized carbons (Fsp3) is 0.263. The Morgan fingerprint density at radius 1 is 0.960 bits per heavy atom. The van der Waals surface area contributed by atoms with E-state index >= 15 is 0 Å². The van der Waals surface area contributed by atoms with Gasteiger partial charge in [-0.3, -0.25) is 9.59 Å². The summed E-state index contributed by atoms with van der Waals surface area (Å²) in [5.41, 5.74) is 1.89. The second kappa shape index (κ2) is 9.84. The van der Waals surface area contributed by atoms with E-state index in [1.807, 2.05) is 31.2 Å². The molecule has 2 aromatic rings. The fourth-order valence-corrected chi connectivity index (χ4v) is 3.03. The maximum atomic E-state index is 12.8. The predicted molar refractivity (Wildman–Crippen MR) is 98.0 cm³/mol. The molecule has 0 aliphatic rings. The Kier molecular flexibility index (Phi) is 7.47. The zero-order valence-corrected chi connectivity index (χ0v) is 14.9. The van der Waals surface area contributed by atoms with Crippen LogP contribution in [-0.4, -0.2) is 30.7 Å². The zero-order valence-electron chi connectivity index (χ0n) is 14.0. The van der Waals surface area contributed by atoms with Crippen molar-refractivity contribution in [2.24, 2.45) is 0 Å². The minimum Gasteiger partial charge on any atom is -0.354 e. The molecule has 6 heteroatoms. The summed E-state index contributed by atoms with van der Waals surface area (Å²) in [6.07, 6.45) is 0.192. The average molecular weight is 360 g/mol. The minimum absolute atomic E-state index is 0.0685. The smallest absolute Gasteiger partial charge is 0.230 e. The van der Waals surface area contributed by atoms with Crippen molar-refractivity contribution in [3.63, 3.8) is 0 Å². The van der Waals surface area contributed by atoms with Crippen LogP contribution in [0.4, 0.5) is 4.39 Å². The topological polar surface area (TPSA) is 58.2 Å². The largest absolute Gasteiger partial charge is 0.354 e. The average Bonchev–Trinajstić information content (AvgIpc) is 2.60. The van der Waals surface area contributed by atoms with Crippen LogP contribution in [0.25, 0.3) is 0 Å². The van der Waals surface area contributed by atoms with E-state index < -0.39 is 0 Å². The summed E-state index contributed by atoms with van der Waals surface area (Å²) in [6.45, 7) is 2.75. The lowest BCUT2D eigenvalue weighted by molar-refractivity contribution is -0.121. The lowest BCUT2D eigenvalue weighted by Gasteiger charge is -2.08. The Hall–Kier alpha value is -2.34. The molecule has 2 N–H and O–H groups in total. The number of carbonyl (C=O) groups is 2. The van der Waals surface area contributed by atoms with E-state index in [9.17, 15) is 14.0 Å². The molecule has 0 unspecified atom stereocenters. The van der Waals surface area contributed by atoms with E-state index in [4.69, 9.17) is 0 Å². The van der Waals surface area contributed by atoms with Gasteiger partial charge in [-0.25, -0.2) is 4.39 Å². The van der Waals surface area contributed by atoms with E-state index in [1.54, 1.807) is 12.1 Å². The third-order valence-corrected chi connectivity index (χ3v) is 4.68. The zero-order chi connectivity index (χ0) is 18.1. The van der Waals surface area contributed by atoms with Gasteiger partial charge in [0.05, 0.1) is 12.2 Å². The molecule has 0 fully saturated rings. The molecule has 2 amide bonds. The normalized spacial score (nSPS) is 10.3. The number of hydrogen-bond donors (Lipinski definition) is 2. The number of nitrogens with one attached hydrogen (secondary N) is 2. The van der Waals surface area contributed by atoms with Crippen molar-refractivity contribution >= 4 is 23.6 Å². The Labute approximate surface area is 151 Å². The predicted octanol–water partition coefficient (Wildman–Crippen LogP) is 2.70. The van der Waals surface area contributed by atoms with Gasteiger partial charge in [0.15, 0.2) is 0 Å². The second-order valence-electron chi connectivity index (χ2n) is 5.56. The van der Waals surface area contributed by atoms with Gasteiger partial charge >= 0.3 is 0 Å². The van der Waals surface area contributed by atoms with Gasteiger partial charge in [0, 0.05) is 18.0 Å². The van der Waals surface area contributed by atoms with Gasteiger partial charge in [-0.05, 0) is 36.2 Å². The molecular formula is C19H21FN2O2S. The first-order valence-electron chi connectivity index (χ1n) is 8.01. The fourth-order valence-electron chi connectivity index (χ4n) is 2.17. The molecule has 25 heavy (non-hydrogen) atoms. The van der Waals surface area contributed by atoms with E-state index in [0.717, 1.165) is 16.0 Å². The van der Waals surface area contributed by atoms with Gasteiger partial charge in [0.1, 0.15) is 5.82 Å². The number of rotatable bonds is 8. The quantitative estimate of drug-likeness (QED) is 0.562. The molecule has 0 heterocycles. The summed E-state index contributed by atoms with van der Waals surface area (Å²) in [7, 11) is 0. The molecule has 0 saturated carbocycles. The molecule has 0 radical (unpaired) electrons. The number of aryl methyl sites for hydroxylation is 1. The van der Waals surface area contributed by atoms with Crippen LogP contribution in [0, 0.1) is 12.7 Å². The highest BCUT2D eigenvalue weighted by Gasteiger charge is 2.06. The molecule has 0 aliphatic carbocycles. The van der Waals surface area contributed by atoms with Crippen LogP contribution in [0.5, 0.6) is 0 Å². The molecule has 4 nitrogen and oxygen atoms in total. The first-order valence-corrected chi connectivity index (χ1v) is 8.99. The monoisotopic (exact) mass is 360 g/mol. The summed E-state index contributed by atoms with van der Waals surface area (Å²) >= 11 is 1.49. The summed E-state index contributed by atoms with van der Waals surface area (Å²) in [4.78, 5) is 24.7. The van der Waals surface area contributed by atoms with Crippen molar-refractivity contribution in [1.82, 2.24) is 10.6 Å². The van der Waals surface area contributed by atoms with Crippen molar-refractivity contribution in [3.05, 3.63) is 65.5 Å².